The van der Waals surface area contributed by atoms with E-state index in [2.05, 4.69) is 10.6 Å². The Labute approximate surface area is 149 Å². The lowest BCUT2D eigenvalue weighted by Gasteiger charge is -2.37. The van der Waals surface area contributed by atoms with Crippen molar-refractivity contribution in [3.63, 3.8) is 0 Å². The Bertz CT molecular complexity index is 817. The number of ketones is 1. The van der Waals surface area contributed by atoms with Gasteiger partial charge in [-0.3, -0.25) is 14.4 Å². The van der Waals surface area contributed by atoms with Crippen LogP contribution in [0.15, 0.2) is 29.5 Å². The smallest absolute Gasteiger partial charge is 0.232 e. The molecule has 2 aliphatic rings. The quantitative estimate of drug-likeness (QED) is 0.846. The summed E-state index contributed by atoms with van der Waals surface area (Å²) in [7, 11) is 0. The lowest BCUT2D eigenvalue weighted by atomic mass is 9.71. The summed E-state index contributed by atoms with van der Waals surface area (Å²) in [6.07, 6.45) is 0.769. The molecule has 0 spiro atoms. The minimum absolute atomic E-state index is 0.0915. The number of hydrogen-bond acceptors (Lipinski definition) is 3. The van der Waals surface area contributed by atoms with E-state index in [1.165, 1.54) is 12.1 Å². The molecular weight excluding hydrogens is 347 g/mol. The molecule has 2 N–H and O–H groups in total. The number of Topliss-reactive ketones (excluding diaryl/α,β-unsaturated/α-hetero) is 1. The highest BCUT2D eigenvalue weighted by molar-refractivity contribution is 6.31. The number of hydrogen-bond donors (Lipinski definition) is 2. The molecule has 0 unspecified atom stereocenters. The third kappa shape index (κ3) is 3.58. The summed E-state index contributed by atoms with van der Waals surface area (Å²) in [5.41, 5.74) is 0.971. The first-order valence-corrected chi connectivity index (χ1v) is 8.36. The van der Waals surface area contributed by atoms with Crippen LogP contribution in [0, 0.1) is 17.2 Å². The van der Waals surface area contributed by atoms with Crippen molar-refractivity contribution in [2.45, 2.75) is 33.1 Å². The molecule has 1 aliphatic heterocycles. The Hall–Kier alpha value is -2.21. The summed E-state index contributed by atoms with van der Waals surface area (Å²) in [6, 6.07) is 3.81. The summed E-state index contributed by atoms with van der Waals surface area (Å²) >= 11 is 5.72. The molecule has 1 atom stereocenters. The van der Waals surface area contributed by atoms with Crippen molar-refractivity contribution < 1.29 is 18.8 Å². The monoisotopic (exact) mass is 364 g/mol. The van der Waals surface area contributed by atoms with Gasteiger partial charge < -0.3 is 10.6 Å². The molecule has 7 heteroatoms. The van der Waals surface area contributed by atoms with E-state index >= 15 is 0 Å². The molecule has 25 heavy (non-hydrogen) atoms. The maximum atomic E-state index is 13.2. The molecule has 1 aliphatic carbocycles. The molecule has 0 radical (unpaired) electrons. The molecule has 1 aromatic rings. The predicted octanol–water partition coefficient (Wildman–Crippen LogP) is 3.20. The molecule has 132 valence electrons. The number of rotatable bonds is 2. The first kappa shape index (κ1) is 17.6. The largest absolute Gasteiger partial charge is 0.329 e. The molecule has 0 aromatic heterocycles. The van der Waals surface area contributed by atoms with Crippen LogP contribution < -0.4 is 10.6 Å². The Balaban J connectivity index is 1.89. The second kappa shape index (κ2) is 6.26. The molecule has 0 saturated carbocycles. The second-order valence-corrected chi connectivity index (χ2v) is 7.66. The lowest BCUT2D eigenvalue weighted by Crippen LogP contribution is -2.44. The van der Waals surface area contributed by atoms with E-state index in [1.807, 2.05) is 13.8 Å². The number of anilines is 1. The van der Waals surface area contributed by atoms with Gasteiger partial charge in [0.2, 0.25) is 11.8 Å². The van der Waals surface area contributed by atoms with E-state index in [0.717, 1.165) is 6.07 Å². The van der Waals surface area contributed by atoms with Crippen LogP contribution in [0.25, 0.3) is 0 Å². The summed E-state index contributed by atoms with van der Waals surface area (Å²) in [5, 5.41) is 5.24. The maximum absolute atomic E-state index is 13.2. The zero-order valence-corrected chi connectivity index (χ0v) is 14.7. The minimum atomic E-state index is -0.851. The first-order chi connectivity index (χ1) is 11.7. The van der Waals surface area contributed by atoms with Gasteiger partial charge >= 0.3 is 0 Å². The molecule has 0 bridgehead atoms. The summed E-state index contributed by atoms with van der Waals surface area (Å²) < 4.78 is 13.2. The maximum Gasteiger partial charge on any atom is 0.232 e. The number of carbonyl (C=O) groups is 3. The van der Waals surface area contributed by atoms with Gasteiger partial charge in [-0.1, -0.05) is 25.4 Å². The average molecular weight is 365 g/mol. The third-order valence-electron chi connectivity index (χ3n) is 4.45. The predicted molar refractivity (Wildman–Crippen MR) is 91.3 cm³/mol. The van der Waals surface area contributed by atoms with E-state index < -0.39 is 17.6 Å². The van der Waals surface area contributed by atoms with Gasteiger partial charge in [0.05, 0.1) is 10.9 Å². The highest BCUT2D eigenvalue weighted by atomic mass is 35.5. The average Bonchev–Trinajstić information content (AvgIpc) is 2.48. The van der Waals surface area contributed by atoms with Crippen molar-refractivity contribution in [1.29, 1.82) is 0 Å². The normalized spacial score (nSPS) is 22.3. The van der Waals surface area contributed by atoms with E-state index in [9.17, 15) is 18.8 Å². The fraction of sp³-hybridized carbons (Fsp3) is 0.389. The number of amides is 2. The minimum Gasteiger partial charge on any atom is -0.329 e. The van der Waals surface area contributed by atoms with Gasteiger partial charge in [0.15, 0.2) is 5.78 Å². The highest BCUT2D eigenvalue weighted by Crippen LogP contribution is 2.40. The SMILES string of the molecule is CC1(C)CC(=O)C2=C(C1)NC(=O)C[C@H]2C(=O)Nc1ccc(F)c(Cl)c1. The summed E-state index contributed by atoms with van der Waals surface area (Å²) in [4.78, 5) is 37.2. The first-order valence-electron chi connectivity index (χ1n) is 7.98. The number of nitrogens with one attached hydrogen (secondary N) is 2. The Kier molecular flexibility index (Phi) is 4.41. The molecule has 0 fully saturated rings. The van der Waals surface area contributed by atoms with Crippen molar-refractivity contribution in [3.8, 4) is 0 Å². The van der Waals surface area contributed by atoms with Gasteiger partial charge in [0.1, 0.15) is 5.82 Å². The third-order valence-corrected chi connectivity index (χ3v) is 4.74. The zero-order valence-electron chi connectivity index (χ0n) is 13.9. The second-order valence-electron chi connectivity index (χ2n) is 7.26. The standard InChI is InChI=1S/C18H18ClFN2O3/c1-18(2)7-13-16(14(23)8-18)10(6-15(24)22-13)17(25)21-9-3-4-12(20)11(19)5-9/h3-5,10H,6-8H2,1-2H3,(H,21,25)(H,22,24)/t10-/m1/s1. The van der Waals surface area contributed by atoms with E-state index in [0.29, 0.717) is 29.8 Å². The fourth-order valence-corrected chi connectivity index (χ4v) is 3.56. The Morgan fingerprint density at radius 1 is 1.32 bits per heavy atom. The van der Waals surface area contributed by atoms with E-state index in [1.54, 1.807) is 0 Å². The molecule has 1 heterocycles. The number of halogens is 2. The van der Waals surface area contributed by atoms with Crippen molar-refractivity contribution in [3.05, 3.63) is 40.3 Å². The van der Waals surface area contributed by atoms with Gasteiger partial charge in [0.25, 0.3) is 0 Å². The lowest BCUT2D eigenvalue weighted by molar-refractivity contribution is -0.129. The molecule has 0 saturated heterocycles. The van der Waals surface area contributed by atoms with Crippen LogP contribution in [0.1, 0.15) is 33.1 Å². The topological polar surface area (TPSA) is 75.3 Å². The van der Waals surface area contributed by atoms with Crippen molar-refractivity contribution in [2.24, 2.45) is 11.3 Å². The van der Waals surface area contributed by atoms with Crippen LogP contribution in [0.3, 0.4) is 0 Å². The Morgan fingerprint density at radius 3 is 2.72 bits per heavy atom. The van der Waals surface area contributed by atoms with E-state index in [-0.39, 0.29) is 28.5 Å². The van der Waals surface area contributed by atoms with Crippen molar-refractivity contribution in [1.82, 2.24) is 5.32 Å². The van der Waals surface area contributed by atoms with Gasteiger partial charge in [0, 0.05) is 29.8 Å². The van der Waals surface area contributed by atoms with Gasteiger partial charge in [-0.25, -0.2) is 4.39 Å². The van der Waals surface area contributed by atoms with Crippen LogP contribution in [-0.4, -0.2) is 17.6 Å². The molecule has 3 rings (SSSR count). The van der Waals surface area contributed by atoms with Gasteiger partial charge in [-0.05, 0) is 30.0 Å². The van der Waals surface area contributed by atoms with Crippen LogP contribution in [-0.2, 0) is 14.4 Å². The molecule has 1 aromatic carbocycles. The van der Waals surface area contributed by atoms with Crippen LogP contribution in [0.5, 0.6) is 0 Å². The van der Waals surface area contributed by atoms with Crippen LogP contribution in [0.2, 0.25) is 5.02 Å². The zero-order chi connectivity index (χ0) is 18.4. The summed E-state index contributed by atoms with van der Waals surface area (Å²) in [6.45, 7) is 3.90. The highest BCUT2D eigenvalue weighted by Gasteiger charge is 2.42. The van der Waals surface area contributed by atoms with Crippen molar-refractivity contribution >= 4 is 34.9 Å². The van der Waals surface area contributed by atoms with Gasteiger partial charge in [-0.15, -0.1) is 0 Å². The number of benzene rings is 1. The molecule has 5 nitrogen and oxygen atoms in total. The number of carbonyl (C=O) groups excluding carboxylic acids is 3. The van der Waals surface area contributed by atoms with Crippen molar-refractivity contribution in [2.75, 3.05) is 5.32 Å². The number of allylic oxidation sites excluding steroid dienone is 1. The molecule has 2 amide bonds. The molecular formula is C18H18ClFN2O3. The van der Waals surface area contributed by atoms with Crippen LogP contribution in [0.4, 0.5) is 10.1 Å². The summed E-state index contributed by atoms with van der Waals surface area (Å²) in [5.74, 6) is -2.33. The Morgan fingerprint density at radius 2 is 2.04 bits per heavy atom. The van der Waals surface area contributed by atoms with E-state index in [4.69, 9.17) is 11.6 Å². The van der Waals surface area contributed by atoms with Gasteiger partial charge in [-0.2, -0.15) is 0 Å². The van der Waals surface area contributed by atoms with Crippen LogP contribution >= 0.6 is 11.6 Å². The fourth-order valence-electron chi connectivity index (χ4n) is 3.38.